The van der Waals surface area contributed by atoms with E-state index in [-0.39, 0.29) is 21.2 Å². The number of hydrogen-bond acceptors (Lipinski definition) is 6. The van der Waals surface area contributed by atoms with Gasteiger partial charge in [0.15, 0.2) is 5.50 Å². The van der Waals surface area contributed by atoms with Crippen LogP contribution in [0.4, 0.5) is 0 Å². The molecule has 0 saturated carbocycles. The molecule has 3 rings (SSSR count). The summed E-state index contributed by atoms with van der Waals surface area (Å²) in [6.45, 7) is 0. The molecule has 1 heterocycles. The first kappa shape index (κ1) is 21.7. The Balaban J connectivity index is 1.97. The van der Waals surface area contributed by atoms with Gasteiger partial charge in [-0.1, -0.05) is 65.7 Å². The van der Waals surface area contributed by atoms with Gasteiger partial charge in [-0.15, -0.1) is 0 Å². The highest BCUT2D eigenvalue weighted by Crippen LogP contribution is 2.41. The first-order chi connectivity index (χ1) is 13.4. The predicted molar refractivity (Wildman–Crippen MR) is 111 cm³/mol. The number of halogens is 2. The van der Waals surface area contributed by atoms with E-state index in [0.29, 0.717) is 0 Å². The van der Waals surface area contributed by atoms with Crippen molar-refractivity contribution < 1.29 is 22.1 Å². The highest BCUT2D eigenvalue weighted by Gasteiger charge is 2.51. The van der Waals surface area contributed by atoms with Crippen molar-refractivity contribution in [2.75, 3.05) is 0 Å². The summed E-state index contributed by atoms with van der Waals surface area (Å²) >= 11 is 12.1. The van der Waals surface area contributed by atoms with Gasteiger partial charge < -0.3 is 14.7 Å². The predicted octanol–water partition coefficient (Wildman–Crippen LogP) is 1.54. The summed E-state index contributed by atoms with van der Waals surface area (Å²) in [5, 5.41) is 0.0242. The quantitative estimate of drug-likeness (QED) is 0.556. The summed E-state index contributed by atoms with van der Waals surface area (Å²) in [6.07, 6.45) is 0. The largest absolute Gasteiger partial charge is 0.467 e. The standard InChI is InChI=1S/C17H10B3Cl2NO5S/c18-16(10-7-4-8-11(21)12(10)22)14(24)13(15(23)27-16)28-29(25,26)17(19,20)9-5-2-1-3-6-9/h1-8H,23H2. The van der Waals surface area contributed by atoms with E-state index < -0.39 is 37.6 Å². The van der Waals surface area contributed by atoms with E-state index in [4.69, 9.17) is 61.4 Å². The number of ether oxygens (including phenoxy) is 1. The summed E-state index contributed by atoms with van der Waals surface area (Å²) in [5.74, 6) is -2.66. The molecule has 29 heavy (non-hydrogen) atoms. The van der Waals surface area contributed by atoms with Gasteiger partial charge in [-0.3, -0.25) is 4.79 Å². The lowest BCUT2D eigenvalue weighted by molar-refractivity contribution is -0.126. The number of rotatable bonds is 5. The molecular weight excluding hydrogens is 434 g/mol. The number of carbonyl (C=O) groups excluding carboxylic acids is 1. The third-order valence-electron chi connectivity index (χ3n) is 4.22. The van der Waals surface area contributed by atoms with Gasteiger partial charge in [0.25, 0.3) is 0 Å². The Morgan fingerprint density at radius 3 is 2.31 bits per heavy atom. The normalized spacial score (nSPS) is 19.9. The van der Waals surface area contributed by atoms with Crippen LogP contribution in [0.3, 0.4) is 0 Å². The van der Waals surface area contributed by atoms with Crippen molar-refractivity contribution in [1.29, 1.82) is 0 Å². The van der Waals surface area contributed by atoms with Crippen molar-refractivity contribution in [2.45, 2.75) is 10.0 Å². The number of benzene rings is 2. The van der Waals surface area contributed by atoms with Crippen molar-refractivity contribution >= 4 is 62.6 Å². The zero-order valence-electron chi connectivity index (χ0n) is 14.6. The smallest absolute Gasteiger partial charge is 0.302 e. The Bertz CT molecular complexity index is 1130. The van der Waals surface area contributed by atoms with Crippen LogP contribution in [0.2, 0.25) is 10.0 Å². The van der Waals surface area contributed by atoms with Crippen molar-refractivity contribution in [1.82, 2.24) is 0 Å². The highest BCUT2D eigenvalue weighted by atomic mass is 35.5. The molecule has 0 aliphatic carbocycles. The fraction of sp³-hybridized carbons (Fsp3) is 0.118. The molecule has 0 amide bonds. The van der Waals surface area contributed by atoms with Gasteiger partial charge in [0.1, 0.15) is 7.85 Å². The van der Waals surface area contributed by atoms with Crippen molar-refractivity contribution in [2.24, 2.45) is 5.73 Å². The average Bonchev–Trinajstić information content (AvgIpc) is 2.88. The molecule has 0 spiro atoms. The minimum atomic E-state index is -4.81. The van der Waals surface area contributed by atoms with Crippen LogP contribution in [0.25, 0.3) is 0 Å². The first-order valence-corrected chi connectivity index (χ1v) is 10.1. The molecule has 12 heteroatoms. The molecule has 142 valence electrons. The Hall–Kier alpha value is -2.03. The Kier molecular flexibility index (Phi) is 5.49. The second-order valence-electron chi connectivity index (χ2n) is 6.16. The van der Waals surface area contributed by atoms with Crippen molar-refractivity contribution in [3.63, 3.8) is 0 Å². The van der Waals surface area contributed by atoms with Crippen LogP contribution in [0.5, 0.6) is 0 Å². The van der Waals surface area contributed by atoms with Gasteiger partial charge in [0.2, 0.25) is 17.4 Å². The van der Waals surface area contributed by atoms with E-state index in [2.05, 4.69) is 0 Å². The number of Topliss-reactive ketones (excluding diaryl/α,β-unsaturated/α-hetero) is 1. The van der Waals surface area contributed by atoms with E-state index in [1.165, 1.54) is 42.5 Å². The molecule has 6 radical (unpaired) electrons. The summed E-state index contributed by atoms with van der Waals surface area (Å²) in [4.78, 5) is 12.9. The van der Waals surface area contributed by atoms with Gasteiger partial charge in [-0.2, -0.15) is 8.42 Å². The Morgan fingerprint density at radius 1 is 1.07 bits per heavy atom. The zero-order chi connectivity index (χ0) is 21.6. The lowest BCUT2D eigenvalue weighted by Gasteiger charge is -2.27. The maximum absolute atomic E-state index is 12.9. The molecule has 0 saturated heterocycles. The first-order valence-electron chi connectivity index (χ1n) is 7.96. The third-order valence-corrected chi connectivity index (χ3v) is 6.49. The summed E-state index contributed by atoms with van der Waals surface area (Å²) < 4.78 is 33.0. The fourth-order valence-electron chi connectivity index (χ4n) is 2.62. The summed E-state index contributed by atoms with van der Waals surface area (Å²) in [7, 11) is 12.8. The van der Waals surface area contributed by atoms with E-state index in [9.17, 15) is 13.2 Å². The monoisotopic (exact) mass is 443 g/mol. The number of carbonyl (C=O) groups is 1. The molecule has 2 aromatic rings. The molecule has 1 unspecified atom stereocenters. The molecular formula is C17H10B3Cl2NO5S. The van der Waals surface area contributed by atoms with Crippen LogP contribution >= 0.6 is 23.2 Å². The number of hydrogen-bond donors (Lipinski definition) is 1. The second kappa shape index (κ2) is 7.34. The lowest BCUT2D eigenvalue weighted by Crippen LogP contribution is -2.40. The maximum atomic E-state index is 12.9. The van der Waals surface area contributed by atoms with E-state index >= 15 is 0 Å². The number of nitrogens with two attached hydrogens (primary N) is 1. The van der Waals surface area contributed by atoms with Crippen LogP contribution in [0.15, 0.2) is 60.2 Å². The molecule has 6 nitrogen and oxygen atoms in total. The molecule has 0 aromatic heterocycles. The lowest BCUT2D eigenvalue weighted by atomic mass is 9.65. The van der Waals surface area contributed by atoms with E-state index in [0.717, 1.165) is 0 Å². The Morgan fingerprint density at radius 2 is 1.69 bits per heavy atom. The Labute approximate surface area is 181 Å². The molecule has 1 atom stereocenters. The zero-order valence-corrected chi connectivity index (χ0v) is 17.0. The molecule has 0 fully saturated rings. The summed E-state index contributed by atoms with van der Waals surface area (Å²) in [6, 6.07) is 11.8. The summed E-state index contributed by atoms with van der Waals surface area (Å²) in [5.41, 5.74) is 3.39. The average molecular weight is 444 g/mol. The van der Waals surface area contributed by atoms with Crippen LogP contribution in [0, 0.1) is 0 Å². The van der Waals surface area contributed by atoms with Gasteiger partial charge in [-0.25, -0.2) is 0 Å². The fourth-order valence-corrected chi connectivity index (χ4v) is 4.00. The van der Waals surface area contributed by atoms with E-state index in [1.54, 1.807) is 6.07 Å². The topological polar surface area (TPSA) is 95.7 Å². The molecule has 1 aliphatic heterocycles. The minimum Gasteiger partial charge on any atom is -0.467 e. The number of ketones is 1. The van der Waals surface area contributed by atoms with Crippen LogP contribution in [-0.2, 0) is 33.9 Å². The molecule has 0 bridgehead atoms. The molecule has 2 aromatic carbocycles. The van der Waals surface area contributed by atoms with Crippen LogP contribution in [0.1, 0.15) is 11.1 Å². The molecule has 2 N–H and O–H groups in total. The van der Waals surface area contributed by atoms with Crippen molar-refractivity contribution in [3.05, 3.63) is 81.3 Å². The van der Waals surface area contributed by atoms with Crippen LogP contribution < -0.4 is 5.73 Å². The van der Waals surface area contributed by atoms with Gasteiger partial charge >= 0.3 is 10.1 Å². The SMILES string of the molecule is [B]C1(c2cccc(Cl)c2Cl)OC(N)=C(OS(=O)(=O)C([B])([B])c2ccccc2)C1=O. The minimum absolute atomic E-state index is 0.0161. The van der Waals surface area contributed by atoms with Crippen LogP contribution in [-0.4, -0.2) is 37.7 Å². The highest BCUT2D eigenvalue weighted by molar-refractivity contribution is 7.90. The molecule has 1 aliphatic rings. The maximum Gasteiger partial charge on any atom is 0.302 e. The van der Waals surface area contributed by atoms with E-state index in [1.807, 2.05) is 0 Å². The third kappa shape index (κ3) is 3.54. The second-order valence-corrected chi connectivity index (χ2v) is 8.69. The van der Waals surface area contributed by atoms with Crippen molar-refractivity contribution in [3.8, 4) is 0 Å². The van der Waals surface area contributed by atoms with Gasteiger partial charge in [-0.05, 0) is 11.6 Å². The van der Waals surface area contributed by atoms with Gasteiger partial charge in [0, 0.05) is 5.56 Å². The van der Waals surface area contributed by atoms with Gasteiger partial charge in [0.05, 0.1) is 30.3 Å².